The standard InChI is InChI=1S/C29H31NO4S/c1-3-8-20-13-15-21(16-14-20)27(19-35-2)34-28(31)17-30-29(32)33-18-26-24-11-6-4-9-22(24)23-10-5-7-12-25(23)26/h4-7,9-16,26-27H,3,8,17-19H2,1-2H3,(H,30,32). The van der Waals surface area contributed by atoms with Crippen LogP contribution < -0.4 is 5.32 Å². The molecular weight excluding hydrogens is 458 g/mol. The molecule has 0 spiro atoms. The Bertz CT molecular complexity index is 1120. The number of carbonyl (C=O) groups is 2. The Kier molecular flexibility index (Phi) is 8.48. The van der Waals surface area contributed by atoms with Crippen molar-refractivity contribution < 1.29 is 19.1 Å². The maximum absolute atomic E-state index is 12.5. The van der Waals surface area contributed by atoms with Crippen molar-refractivity contribution in [3.63, 3.8) is 0 Å². The van der Waals surface area contributed by atoms with Crippen molar-refractivity contribution in [2.75, 3.05) is 25.2 Å². The third kappa shape index (κ3) is 6.06. The number of nitrogens with one attached hydrogen (secondary N) is 1. The van der Waals surface area contributed by atoms with Gasteiger partial charge in [0.25, 0.3) is 0 Å². The summed E-state index contributed by atoms with van der Waals surface area (Å²) in [5.41, 5.74) is 6.85. The molecule has 0 saturated heterocycles. The molecule has 6 heteroatoms. The largest absolute Gasteiger partial charge is 0.455 e. The average Bonchev–Trinajstić information content (AvgIpc) is 3.20. The molecule has 4 rings (SSSR count). The number of rotatable bonds is 10. The number of hydrogen-bond acceptors (Lipinski definition) is 5. The molecule has 0 radical (unpaired) electrons. The Labute approximate surface area is 211 Å². The van der Waals surface area contributed by atoms with Gasteiger partial charge in [0.2, 0.25) is 0 Å². The number of amides is 1. The number of alkyl carbamates (subject to hydrolysis) is 1. The molecule has 3 aromatic carbocycles. The fraction of sp³-hybridized carbons (Fsp3) is 0.310. The van der Waals surface area contributed by atoms with E-state index < -0.39 is 12.1 Å². The first kappa shape index (κ1) is 24.9. The van der Waals surface area contributed by atoms with Gasteiger partial charge < -0.3 is 14.8 Å². The van der Waals surface area contributed by atoms with Crippen LogP contribution in [0.15, 0.2) is 72.8 Å². The lowest BCUT2D eigenvalue weighted by Gasteiger charge is -2.18. The molecule has 35 heavy (non-hydrogen) atoms. The maximum Gasteiger partial charge on any atom is 0.407 e. The van der Waals surface area contributed by atoms with Gasteiger partial charge in [0.15, 0.2) is 0 Å². The van der Waals surface area contributed by atoms with Crippen molar-refractivity contribution in [2.24, 2.45) is 0 Å². The zero-order valence-corrected chi connectivity index (χ0v) is 21.0. The van der Waals surface area contributed by atoms with Crippen LogP contribution in [0, 0.1) is 0 Å². The van der Waals surface area contributed by atoms with Gasteiger partial charge in [-0.05, 0) is 46.1 Å². The second kappa shape index (κ2) is 11.9. The fourth-order valence-electron chi connectivity index (χ4n) is 4.53. The van der Waals surface area contributed by atoms with E-state index in [1.54, 1.807) is 11.8 Å². The highest BCUT2D eigenvalue weighted by Gasteiger charge is 2.29. The Morgan fingerprint density at radius 1 is 0.943 bits per heavy atom. The number of aryl methyl sites for hydroxylation is 1. The van der Waals surface area contributed by atoms with Crippen LogP contribution in [0.1, 0.15) is 47.6 Å². The van der Waals surface area contributed by atoms with Gasteiger partial charge in [0, 0.05) is 11.7 Å². The summed E-state index contributed by atoms with van der Waals surface area (Å²) in [7, 11) is 0. The van der Waals surface area contributed by atoms with E-state index >= 15 is 0 Å². The van der Waals surface area contributed by atoms with Gasteiger partial charge in [-0.15, -0.1) is 0 Å². The van der Waals surface area contributed by atoms with Gasteiger partial charge in [-0.2, -0.15) is 11.8 Å². The van der Waals surface area contributed by atoms with Crippen molar-refractivity contribution in [3.8, 4) is 11.1 Å². The highest BCUT2D eigenvalue weighted by Crippen LogP contribution is 2.44. The minimum Gasteiger partial charge on any atom is -0.455 e. The minimum absolute atomic E-state index is 0.0262. The topological polar surface area (TPSA) is 64.6 Å². The maximum atomic E-state index is 12.5. The van der Waals surface area contributed by atoms with Crippen LogP contribution in [0.5, 0.6) is 0 Å². The molecule has 1 aliphatic carbocycles. The Hall–Kier alpha value is -3.25. The summed E-state index contributed by atoms with van der Waals surface area (Å²) in [4.78, 5) is 24.8. The predicted octanol–water partition coefficient (Wildman–Crippen LogP) is 6.13. The molecule has 0 heterocycles. The highest BCUT2D eigenvalue weighted by molar-refractivity contribution is 7.98. The van der Waals surface area contributed by atoms with E-state index in [-0.39, 0.29) is 25.2 Å². The summed E-state index contributed by atoms with van der Waals surface area (Å²) in [6.07, 6.45) is 3.09. The quantitative estimate of drug-likeness (QED) is 0.347. The van der Waals surface area contributed by atoms with E-state index in [1.165, 1.54) is 16.7 Å². The van der Waals surface area contributed by atoms with Crippen LogP contribution >= 0.6 is 11.8 Å². The van der Waals surface area contributed by atoms with Gasteiger partial charge >= 0.3 is 12.1 Å². The van der Waals surface area contributed by atoms with Crippen molar-refractivity contribution in [3.05, 3.63) is 95.1 Å². The minimum atomic E-state index is -0.630. The summed E-state index contributed by atoms with van der Waals surface area (Å²) in [5, 5.41) is 2.54. The van der Waals surface area contributed by atoms with E-state index in [1.807, 2.05) is 42.7 Å². The molecule has 0 fully saturated rings. The summed E-state index contributed by atoms with van der Waals surface area (Å²) in [5.74, 6) is 0.126. The second-order valence-electron chi connectivity index (χ2n) is 8.60. The van der Waals surface area contributed by atoms with Crippen molar-refractivity contribution in [1.29, 1.82) is 0 Å². The van der Waals surface area contributed by atoms with Gasteiger partial charge in [0.1, 0.15) is 19.3 Å². The van der Waals surface area contributed by atoms with Gasteiger partial charge in [-0.3, -0.25) is 4.79 Å². The Morgan fingerprint density at radius 3 is 2.17 bits per heavy atom. The normalized spacial score (nSPS) is 13.0. The predicted molar refractivity (Wildman–Crippen MR) is 141 cm³/mol. The number of esters is 1. The van der Waals surface area contributed by atoms with Gasteiger partial charge in [-0.25, -0.2) is 4.79 Å². The second-order valence-corrected chi connectivity index (χ2v) is 9.52. The lowest BCUT2D eigenvalue weighted by molar-refractivity contribution is -0.147. The zero-order chi connectivity index (χ0) is 24.6. The van der Waals surface area contributed by atoms with Crippen LogP contribution in [0.2, 0.25) is 0 Å². The SMILES string of the molecule is CCCc1ccc(C(CSC)OC(=O)CNC(=O)OCC2c3ccccc3-c3ccccc32)cc1. The molecule has 1 aliphatic rings. The zero-order valence-electron chi connectivity index (χ0n) is 20.2. The first-order valence-corrected chi connectivity index (χ1v) is 13.4. The molecule has 182 valence electrons. The third-order valence-corrected chi connectivity index (χ3v) is 6.84. The molecule has 0 bridgehead atoms. The molecule has 1 amide bonds. The third-order valence-electron chi connectivity index (χ3n) is 6.20. The molecule has 0 aromatic heterocycles. The van der Waals surface area contributed by atoms with Crippen molar-refractivity contribution >= 4 is 23.8 Å². The van der Waals surface area contributed by atoms with Gasteiger partial charge in [-0.1, -0.05) is 86.1 Å². The lowest BCUT2D eigenvalue weighted by Crippen LogP contribution is -2.32. The van der Waals surface area contributed by atoms with E-state index in [0.29, 0.717) is 5.75 Å². The van der Waals surface area contributed by atoms with E-state index in [0.717, 1.165) is 29.5 Å². The number of benzene rings is 3. The number of ether oxygens (including phenoxy) is 2. The molecule has 1 atom stereocenters. The van der Waals surface area contributed by atoms with E-state index in [4.69, 9.17) is 9.47 Å². The monoisotopic (exact) mass is 489 g/mol. The van der Waals surface area contributed by atoms with Crippen molar-refractivity contribution in [1.82, 2.24) is 5.32 Å². The molecule has 0 saturated carbocycles. The average molecular weight is 490 g/mol. The van der Waals surface area contributed by atoms with Crippen LogP contribution in [0.4, 0.5) is 4.79 Å². The molecule has 1 unspecified atom stereocenters. The number of carbonyl (C=O) groups excluding carboxylic acids is 2. The first-order valence-electron chi connectivity index (χ1n) is 12.0. The van der Waals surface area contributed by atoms with Crippen LogP contribution in [0.3, 0.4) is 0 Å². The summed E-state index contributed by atoms with van der Waals surface area (Å²) < 4.78 is 11.2. The fourth-order valence-corrected chi connectivity index (χ4v) is 5.09. The molecular formula is C29H31NO4S. The summed E-state index contributed by atoms with van der Waals surface area (Å²) in [6.45, 7) is 2.11. The van der Waals surface area contributed by atoms with Crippen molar-refractivity contribution in [2.45, 2.75) is 31.8 Å². The highest BCUT2D eigenvalue weighted by atomic mass is 32.2. The number of hydrogen-bond donors (Lipinski definition) is 1. The van der Waals surface area contributed by atoms with E-state index in [9.17, 15) is 9.59 Å². The molecule has 1 N–H and O–H groups in total. The van der Waals surface area contributed by atoms with Crippen LogP contribution in [-0.2, 0) is 20.7 Å². The lowest BCUT2D eigenvalue weighted by atomic mass is 9.98. The van der Waals surface area contributed by atoms with Crippen LogP contribution in [0.25, 0.3) is 11.1 Å². The number of fused-ring (bicyclic) bond motifs is 3. The number of thioether (sulfide) groups is 1. The Morgan fingerprint density at radius 2 is 1.57 bits per heavy atom. The molecule has 5 nitrogen and oxygen atoms in total. The summed E-state index contributed by atoms with van der Waals surface area (Å²) in [6, 6.07) is 24.5. The summed E-state index contributed by atoms with van der Waals surface area (Å²) >= 11 is 1.61. The van der Waals surface area contributed by atoms with Crippen LogP contribution in [-0.4, -0.2) is 37.2 Å². The molecule has 3 aromatic rings. The van der Waals surface area contributed by atoms with Gasteiger partial charge in [0.05, 0.1) is 0 Å². The molecule has 0 aliphatic heterocycles. The smallest absolute Gasteiger partial charge is 0.407 e. The Balaban J connectivity index is 1.29. The van der Waals surface area contributed by atoms with E-state index in [2.05, 4.69) is 48.6 Å². The first-order chi connectivity index (χ1) is 17.1.